The lowest BCUT2D eigenvalue weighted by Crippen LogP contribution is -2.34. The van der Waals surface area contributed by atoms with E-state index in [0.717, 1.165) is 48.0 Å². The van der Waals surface area contributed by atoms with Gasteiger partial charge in [0.2, 0.25) is 5.91 Å². The van der Waals surface area contributed by atoms with Gasteiger partial charge in [-0.1, -0.05) is 32.0 Å². The number of fused-ring (bicyclic) bond motifs is 2. The molecule has 0 saturated carbocycles. The molecule has 1 aliphatic rings. The number of benzene rings is 2. The maximum absolute atomic E-state index is 13.2. The zero-order valence-corrected chi connectivity index (χ0v) is 20.2. The van der Waals surface area contributed by atoms with E-state index in [9.17, 15) is 9.59 Å². The predicted octanol–water partition coefficient (Wildman–Crippen LogP) is 3.48. The second-order valence-corrected chi connectivity index (χ2v) is 8.71. The van der Waals surface area contributed by atoms with Crippen molar-refractivity contribution in [1.29, 1.82) is 0 Å². The van der Waals surface area contributed by atoms with Crippen LogP contribution in [0.5, 0.6) is 0 Å². The van der Waals surface area contributed by atoms with Crippen LogP contribution in [-0.4, -0.2) is 51.2 Å². The number of hydrogen-bond donors (Lipinski definition) is 2. The van der Waals surface area contributed by atoms with Crippen molar-refractivity contribution in [1.82, 2.24) is 14.7 Å². The monoisotopic (exact) mass is 473 g/mol. The zero-order chi connectivity index (χ0) is 24.9. The largest absolute Gasteiger partial charge is 0.394 e. The van der Waals surface area contributed by atoms with Gasteiger partial charge >= 0.3 is 0 Å². The molecule has 182 valence electrons. The lowest BCUT2D eigenvalue weighted by Gasteiger charge is -2.22. The molecule has 0 saturated heterocycles. The van der Waals surface area contributed by atoms with E-state index in [-0.39, 0.29) is 24.6 Å². The van der Waals surface area contributed by atoms with Gasteiger partial charge in [-0.25, -0.2) is 9.67 Å². The van der Waals surface area contributed by atoms with Crippen molar-refractivity contribution < 1.29 is 9.90 Å². The summed E-state index contributed by atoms with van der Waals surface area (Å²) in [4.78, 5) is 32.2. The Hall–Kier alpha value is -3.78. The van der Waals surface area contributed by atoms with E-state index in [1.54, 1.807) is 12.3 Å². The van der Waals surface area contributed by atoms with Gasteiger partial charge in [-0.2, -0.15) is 5.10 Å². The molecule has 0 unspecified atom stereocenters. The Balaban J connectivity index is 1.70. The van der Waals surface area contributed by atoms with Crippen molar-refractivity contribution in [2.24, 2.45) is 10.7 Å². The van der Waals surface area contributed by atoms with Crippen LogP contribution in [0.3, 0.4) is 0 Å². The Morgan fingerprint density at radius 2 is 1.83 bits per heavy atom. The van der Waals surface area contributed by atoms with Crippen molar-refractivity contribution >= 4 is 34.3 Å². The number of aromatic nitrogens is 2. The molecule has 8 nitrogen and oxygen atoms in total. The van der Waals surface area contributed by atoms with Gasteiger partial charge in [-0.05, 0) is 48.2 Å². The van der Waals surface area contributed by atoms with Crippen molar-refractivity contribution in [3.8, 4) is 11.1 Å². The van der Waals surface area contributed by atoms with Crippen LogP contribution in [-0.2, 0) is 11.3 Å². The van der Waals surface area contributed by atoms with Crippen molar-refractivity contribution in [3.05, 3.63) is 64.1 Å². The third-order valence-corrected chi connectivity index (χ3v) is 6.04. The Bertz CT molecular complexity index is 1370. The molecule has 4 rings (SSSR count). The minimum absolute atomic E-state index is 0.0117. The first kappa shape index (κ1) is 24.3. The maximum atomic E-state index is 13.2. The fraction of sp³-hybridized carbons (Fsp3) is 0.333. The fourth-order valence-corrected chi connectivity index (χ4v) is 4.39. The molecule has 1 aromatic heterocycles. The van der Waals surface area contributed by atoms with E-state index in [0.29, 0.717) is 28.9 Å². The van der Waals surface area contributed by atoms with Gasteiger partial charge in [0.1, 0.15) is 5.84 Å². The molecule has 0 aliphatic carbocycles. The molecule has 35 heavy (non-hydrogen) atoms. The second kappa shape index (κ2) is 10.7. The highest BCUT2D eigenvalue weighted by Gasteiger charge is 2.21. The van der Waals surface area contributed by atoms with Crippen LogP contribution in [0, 0.1) is 0 Å². The Labute approximate surface area is 204 Å². The van der Waals surface area contributed by atoms with Crippen molar-refractivity contribution in [2.45, 2.75) is 39.7 Å². The second-order valence-electron chi connectivity index (χ2n) is 8.71. The standard InChI is InChI=1S/C27H31N5O3/c1-3-9-31(10-4-2)26(34)21-14-20-6-5-19(15-24(20)30-25(28)16-21)18-7-8-23-22(13-18)17-29-32(11-12-33)27(23)35/h5-8,13-15,17,33H,3-4,9-12,16H2,1-2H3,(H2,28,30). The number of rotatable bonds is 8. The number of carbonyl (C=O) groups is 1. The molecular weight excluding hydrogens is 442 g/mol. The van der Waals surface area contributed by atoms with Crippen LogP contribution in [0.4, 0.5) is 5.69 Å². The highest BCUT2D eigenvalue weighted by Crippen LogP contribution is 2.33. The number of hydrogen-bond acceptors (Lipinski definition) is 6. The number of aliphatic imine (C=N–C) groups is 1. The number of carbonyl (C=O) groups excluding carboxylic acids is 1. The molecule has 3 N–H and O–H groups in total. The molecule has 0 radical (unpaired) electrons. The van der Waals surface area contributed by atoms with Gasteiger partial charge in [0.05, 0.1) is 30.4 Å². The van der Waals surface area contributed by atoms with Crippen LogP contribution < -0.4 is 11.3 Å². The highest BCUT2D eigenvalue weighted by molar-refractivity contribution is 6.05. The number of aliphatic hydroxyl groups excluding tert-OH is 1. The molecular formula is C27H31N5O3. The summed E-state index contributed by atoms with van der Waals surface area (Å²) in [6.45, 7) is 5.58. The van der Waals surface area contributed by atoms with Gasteiger partial charge in [0, 0.05) is 36.0 Å². The Morgan fingerprint density at radius 1 is 1.11 bits per heavy atom. The summed E-state index contributed by atoms with van der Waals surface area (Å²) in [6, 6.07) is 11.5. The first-order chi connectivity index (χ1) is 16.9. The van der Waals surface area contributed by atoms with Crippen LogP contribution in [0.1, 0.15) is 38.7 Å². The zero-order valence-electron chi connectivity index (χ0n) is 20.2. The number of amidine groups is 1. The van der Waals surface area contributed by atoms with E-state index in [1.807, 2.05) is 41.3 Å². The quantitative estimate of drug-likeness (QED) is 0.520. The summed E-state index contributed by atoms with van der Waals surface area (Å²) in [6.07, 6.45) is 5.65. The van der Waals surface area contributed by atoms with E-state index in [1.165, 1.54) is 4.68 Å². The van der Waals surface area contributed by atoms with Gasteiger partial charge < -0.3 is 15.7 Å². The highest BCUT2D eigenvalue weighted by atomic mass is 16.3. The first-order valence-corrected chi connectivity index (χ1v) is 12.0. The number of amides is 1. The average Bonchev–Trinajstić information content (AvgIpc) is 3.02. The summed E-state index contributed by atoms with van der Waals surface area (Å²) in [5, 5.41) is 14.5. The summed E-state index contributed by atoms with van der Waals surface area (Å²) in [5.41, 5.74) is 10.0. The normalized spacial score (nSPS) is 13.1. The van der Waals surface area contributed by atoms with Crippen molar-refractivity contribution in [2.75, 3.05) is 19.7 Å². The van der Waals surface area contributed by atoms with E-state index >= 15 is 0 Å². The van der Waals surface area contributed by atoms with Crippen LogP contribution in [0.25, 0.3) is 28.0 Å². The Kier molecular flexibility index (Phi) is 7.41. The molecule has 0 fully saturated rings. The third kappa shape index (κ3) is 5.17. The molecule has 1 aliphatic heterocycles. The summed E-state index contributed by atoms with van der Waals surface area (Å²) >= 11 is 0. The summed E-state index contributed by atoms with van der Waals surface area (Å²) < 4.78 is 1.26. The van der Waals surface area contributed by atoms with E-state index in [2.05, 4.69) is 23.9 Å². The molecule has 2 aromatic carbocycles. The smallest absolute Gasteiger partial charge is 0.274 e. The number of nitrogens with two attached hydrogens (primary N) is 1. The van der Waals surface area contributed by atoms with Gasteiger partial charge in [0.15, 0.2) is 0 Å². The van der Waals surface area contributed by atoms with Gasteiger partial charge in [-0.3, -0.25) is 9.59 Å². The third-order valence-electron chi connectivity index (χ3n) is 6.04. The first-order valence-electron chi connectivity index (χ1n) is 12.0. The molecule has 3 aromatic rings. The lowest BCUT2D eigenvalue weighted by atomic mass is 9.99. The Morgan fingerprint density at radius 3 is 2.54 bits per heavy atom. The van der Waals surface area contributed by atoms with Gasteiger partial charge in [0.25, 0.3) is 5.56 Å². The number of aliphatic hydroxyl groups is 1. The van der Waals surface area contributed by atoms with E-state index in [4.69, 9.17) is 10.8 Å². The summed E-state index contributed by atoms with van der Waals surface area (Å²) in [5.74, 6) is 0.415. The van der Waals surface area contributed by atoms with Gasteiger partial charge in [-0.15, -0.1) is 0 Å². The average molecular weight is 474 g/mol. The molecule has 0 spiro atoms. The minimum Gasteiger partial charge on any atom is -0.394 e. The minimum atomic E-state index is -0.232. The molecule has 0 atom stereocenters. The maximum Gasteiger partial charge on any atom is 0.274 e. The predicted molar refractivity (Wildman–Crippen MR) is 140 cm³/mol. The van der Waals surface area contributed by atoms with Crippen LogP contribution in [0.2, 0.25) is 0 Å². The SMILES string of the molecule is CCCN(CCC)C(=O)C1=Cc2ccc(-c3ccc4c(=O)n(CCO)ncc4c3)cc2N=C(N)C1. The molecule has 0 bridgehead atoms. The number of nitrogens with zero attached hydrogens (tertiary/aromatic N) is 4. The topological polar surface area (TPSA) is 114 Å². The van der Waals surface area contributed by atoms with Crippen LogP contribution in [0.15, 0.2) is 58.0 Å². The molecule has 2 heterocycles. The summed E-state index contributed by atoms with van der Waals surface area (Å²) in [7, 11) is 0. The molecule has 1 amide bonds. The fourth-order valence-electron chi connectivity index (χ4n) is 4.39. The van der Waals surface area contributed by atoms with Crippen molar-refractivity contribution in [3.63, 3.8) is 0 Å². The van der Waals surface area contributed by atoms with Crippen LogP contribution >= 0.6 is 0 Å². The molecule has 8 heteroatoms. The van der Waals surface area contributed by atoms with E-state index < -0.39 is 0 Å². The lowest BCUT2D eigenvalue weighted by molar-refractivity contribution is -0.127.